The molecule has 0 fully saturated rings. The van der Waals surface area contributed by atoms with E-state index in [-0.39, 0.29) is 0 Å². The molecule has 2 rings (SSSR count). The minimum atomic E-state index is -0.798. The molecule has 0 radical (unpaired) electrons. The van der Waals surface area contributed by atoms with E-state index in [2.05, 4.69) is 4.98 Å². The third-order valence-corrected chi connectivity index (χ3v) is 2.36. The van der Waals surface area contributed by atoms with E-state index in [1.54, 1.807) is 18.2 Å². The Labute approximate surface area is 93.4 Å². The van der Waals surface area contributed by atoms with Crippen molar-refractivity contribution >= 4 is 0 Å². The number of rotatable bonds is 3. The number of hydrogen-bond acceptors (Lipinski definition) is 2. The fourth-order valence-corrected chi connectivity index (χ4v) is 1.53. The van der Waals surface area contributed by atoms with Gasteiger partial charge in [-0.2, -0.15) is 0 Å². The van der Waals surface area contributed by atoms with Crippen LogP contribution in [0.15, 0.2) is 48.5 Å². The molecule has 1 aromatic carbocycles. The van der Waals surface area contributed by atoms with E-state index in [1.807, 2.05) is 30.3 Å². The number of aliphatic hydroxyl groups is 1. The average Bonchev–Trinajstić information content (AvgIpc) is 2.39. The summed E-state index contributed by atoms with van der Waals surface area (Å²) in [5.74, 6) is 0. The van der Waals surface area contributed by atoms with E-state index in [1.165, 1.54) is 0 Å². The fraction of sp³-hybridized carbons (Fsp3) is 0.154. The van der Waals surface area contributed by atoms with Crippen LogP contribution < -0.4 is 0 Å². The second kappa shape index (κ2) is 4.86. The molecule has 0 saturated heterocycles. The van der Waals surface area contributed by atoms with Gasteiger partial charge in [-0.25, -0.2) is 4.39 Å². The van der Waals surface area contributed by atoms with E-state index in [0.29, 0.717) is 11.4 Å². The number of benzene rings is 1. The maximum absolute atomic E-state index is 12.4. The topological polar surface area (TPSA) is 33.1 Å². The summed E-state index contributed by atoms with van der Waals surface area (Å²) >= 11 is 0. The second-order valence-electron chi connectivity index (χ2n) is 3.50. The molecule has 2 aromatic rings. The van der Waals surface area contributed by atoms with E-state index in [4.69, 9.17) is 0 Å². The Morgan fingerprint density at radius 3 is 2.50 bits per heavy atom. The Bertz CT molecular complexity index is 458. The van der Waals surface area contributed by atoms with Gasteiger partial charge in [-0.05, 0) is 17.7 Å². The van der Waals surface area contributed by atoms with E-state index in [9.17, 15) is 9.50 Å². The summed E-state index contributed by atoms with van der Waals surface area (Å²) in [6.07, 6.45) is -0.798. The smallest absolute Gasteiger partial charge is 0.131 e. The van der Waals surface area contributed by atoms with Crippen LogP contribution >= 0.6 is 0 Å². The highest BCUT2D eigenvalue weighted by atomic mass is 19.1. The second-order valence-corrected chi connectivity index (χ2v) is 3.50. The van der Waals surface area contributed by atoms with Crippen molar-refractivity contribution in [2.75, 3.05) is 0 Å². The van der Waals surface area contributed by atoms with Gasteiger partial charge in [0.1, 0.15) is 12.8 Å². The molecule has 16 heavy (non-hydrogen) atoms. The lowest BCUT2D eigenvalue weighted by atomic mass is 10.1. The summed E-state index contributed by atoms with van der Waals surface area (Å²) in [5, 5.41) is 10.0. The van der Waals surface area contributed by atoms with Crippen LogP contribution in [0, 0.1) is 0 Å². The Morgan fingerprint density at radius 1 is 1.06 bits per heavy atom. The van der Waals surface area contributed by atoms with Crippen LogP contribution in [0.2, 0.25) is 0 Å². The van der Waals surface area contributed by atoms with Gasteiger partial charge in [0.2, 0.25) is 0 Å². The number of alkyl halides is 1. The third-order valence-electron chi connectivity index (χ3n) is 2.36. The number of nitrogens with zero attached hydrogens (tertiary/aromatic N) is 1. The predicted octanol–water partition coefficient (Wildman–Crippen LogP) is 2.63. The van der Waals surface area contributed by atoms with Crippen molar-refractivity contribution in [2.24, 2.45) is 0 Å². The molecule has 0 spiro atoms. The lowest BCUT2D eigenvalue weighted by Crippen LogP contribution is -2.03. The molecule has 1 N–H and O–H groups in total. The molecule has 1 heterocycles. The first-order valence-corrected chi connectivity index (χ1v) is 5.06. The van der Waals surface area contributed by atoms with Gasteiger partial charge in [-0.3, -0.25) is 4.98 Å². The van der Waals surface area contributed by atoms with Crippen molar-refractivity contribution in [3.8, 4) is 0 Å². The molecule has 0 bridgehead atoms. The third kappa shape index (κ3) is 2.25. The normalized spacial score (nSPS) is 12.4. The van der Waals surface area contributed by atoms with Crippen LogP contribution in [0.5, 0.6) is 0 Å². The molecule has 0 amide bonds. The Hall–Kier alpha value is -1.74. The van der Waals surface area contributed by atoms with Crippen LogP contribution in [-0.2, 0) is 6.67 Å². The average molecular weight is 217 g/mol. The molecule has 1 aromatic heterocycles. The van der Waals surface area contributed by atoms with Crippen molar-refractivity contribution < 1.29 is 9.50 Å². The van der Waals surface area contributed by atoms with Gasteiger partial charge in [-0.1, -0.05) is 36.4 Å². The molecule has 0 aliphatic carbocycles. The number of aliphatic hydroxyl groups excluding tert-OH is 1. The monoisotopic (exact) mass is 217 g/mol. The Balaban J connectivity index is 2.30. The minimum absolute atomic E-state index is 0.340. The Morgan fingerprint density at radius 2 is 1.81 bits per heavy atom. The summed E-state index contributed by atoms with van der Waals surface area (Å²) in [5.41, 5.74) is 1.57. The molecule has 0 aliphatic rings. The molecule has 1 unspecified atom stereocenters. The Kier molecular flexibility index (Phi) is 3.27. The van der Waals surface area contributed by atoms with Crippen LogP contribution in [-0.4, -0.2) is 10.1 Å². The maximum Gasteiger partial charge on any atom is 0.131 e. The molecule has 0 saturated carbocycles. The van der Waals surface area contributed by atoms with E-state index < -0.39 is 12.8 Å². The fourth-order valence-electron chi connectivity index (χ4n) is 1.53. The van der Waals surface area contributed by atoms with Gasteiger partial charge < -0.3 is 5.11 Å². The van der Waals surface area contributed by atoms with Crippen molar-refractivity contribution in [2.45, 2.75) is 12.8 Å². The summed E-state index contributed by atoms with van der Waals surface area (Å²) in [4.78, 5) is 4.04. The van der Waals surface area contributed by atoms with Crippen molar-refractivity contribution in [1.82, 2.24) is 4.98 Å². The highest BCUT2D eigenvalue weighted by molar-refractivity contribution is 5.26. The largest absolute Gasteiger partial charge is 0.382 e. The van der Waals surface area contributed by atoms with Crippen molar-refractivity contribution in [3.05, 3.63) is 65.5 Å². The van der Waals surface area contributed by atoms with Gasteiger partial charge >= 0.3 is 0 Å². The number of hydrogen-bond donors (Lipinski definition) is 1. The number of aromatic nitrogens is 1. The zero-order valence-electron chi connectivity index (χ0n) is 8.68. The highest BCUT2D eigenvalue weighted by Gasteiger charge is 2.11. The molecule has 2 nitrogen and oxygen atoms in total. The summed E-state index contributed by atoms with van der Waals surface area (Å²) < 4.78 is 12.4. The van der Waals surface area contributed by atoms with Gasteiger partial charge in [0.25, 0.3) is 0 Å². The van der Waals surface area contributed by atoms with Crippen molar-refractivity contribution in [1.29, 1.82) is 0 Å². The predicted molar refractivity (Wildman–Crippen MR) is 59.6 cm³/mol. The standard InChI is InChI=1S/C13H12FNO/c14-9-11-7-4-8-12(15-11)13(16)10-5-2-1-3-6-10/h1-8,13,16H,9H2. The van der Waals surface area contributed by atoms with Crippen molar-refractivity contribution in [3.63, 3.8) is 0 Å². The molecule has 0 aliphatic heterocycles. The first kappa shape index (κ1) is 10.8. The number of halogens is 1. The van der Waals surface area contributed by atoms with Gasteiger partial charge in [-0.15, -0.1) is 0 Å². The zero-order valence-corrected chi connectivity index (χ0v) is 8.68. The molecular formula is C13H12FNO. The first-order chi connectivity index (χ1) is 7.81. The van der Waals surface area contributed by atoms with E-state index in [0.717, 1.165) is 5.56 Å². The molecule has 1 atom stereocenters. The zero-order chi connectivity index (χ0) is 11.4. The van der Waals surface area contributed by atoms with Gasteiger partial charge in [0, 0.05) is 0 Å². The quantitative estimate of drug-likeness (QED) is 0.857. The van der Waals surface area contributed by atoms with Crippen LogP contribution in [0.25, 0.3) is 0 Å². The minimum Gasteiger partial charge on any atom is -0.382 e. The van der Waals surface area contributed by atoms with Crippen LogP contribution in [0.1, 0.15) is 23.1 Å². The first-order valence-electron chi connectivity index (χ1n) is 5.06. The van der Waals surface area contributed by atoms with Crippen LogP contribution in [0.4, 0.5) is 4.39 Å². The lowest BCUT2D eigenvalue weighted by molar-refractivity contribution is 0.214. The maximum atomic E-state index is 12.4. The molecular weight excluding hydrogens is 205 g/mol. The molecule has 3 heteroatoms. The van der Waals surface area contributed by atoms with Crippen LogP contribution in [0.3, 0.4) is 0 Å². The SMILES string of the molecule is OC(c1ccccc1)c1cccc(CF)n1. The number of pyridine rings is 1. The van der Waals surface area contributed by atoms with E-state index >= 15 is 0 Å². The van der Waals surface area contributed by atoms with Gasteiger partial charge in [0.15, 0.2) is 0 Å². The summed E-state index contributed by atoms with van der Waals surface area (Å²) in [6, 6.07) is 14.2. The van der Waals surface area contributed by atoms with Gasteiger partial charge in [0.05, 0.1) is 11.4 Å². The highest BCUT2D eigenvalue weighted by Crippen LogP contribution is 2.19. The molecule has 82 valence electrons. The summed E-state index contributed by atoms with van der Waals surface area (Å²) in [7, 11) is 0. The summed E-state index contributed by atoms with van der Waals surface area (Å²) in [6.45, 7) is -0.616. The lowest BCUT2D eigenvalue weighted by Gasteiger charge is -2.10.